The number of nitrogens with two attached hydrogens (primary N) is 3. The predicted molar refractivity (Wildman–Crippen MR) is 206 cm³/mol. The van der Waals surface area contributed by atoms with Crippen LogP contribution in [0.25, 0.3) is 55.9 Å². The lowest BCUT2D eigenvalue weighted by Gasteiger charge is -2.25. The highest BCUT2D eigenvalue weighted by molar-refractivity contribution is 5.95. The van der Waals surface area contributed by atoms with Gasteiger partial charge in [0.15, 0.2) is 0 Å². The number of nitrogen functional groups attached to an aromatic ring is 3. The number of para-hydroxylation sites is 3. The molecule has 6 nitrogen and oxygen atoms in total. The van der Waals surface area contributed by atoms with E-state index in [1.54, 1.807) is 0 Å². The lowest BCUT2D eigenvalue weighted by atomic mass is 9.91. The number of anilines is 6. The van der Waals surface area contributed by atoms with Crippen molar-refractivity contribution in [3.8, 4) is 55.9 Å². The molecule has 1 aliphatic rings. The molecule has 7 N–H and O–H groups in total. The van der Waals surface area contributed by atoms with Crippen LogP contribution in [0.3, 0.4) is 0 Å². The number of nitrogens with one attached hydrogen (secondary N) is 1. The Morgan fingerprint density at radius 1 is 0.510 bits per heavy atom. The first-order valence-corrected chi connectivity index (χ1v) is 16.4. The van der Waals surface area contributed by atoms with Crippen molar-refractivity contribution in [2.75, 3.05) is 27.4 Å². The van der Waals surface area contributed by atoms with E-state index in [4.69, 9.17) is 22.2 Å². The molecule has 1 aromatic heterocycles. The highest BCUT2D eigenvalue weighted by atomic mass is 15.3. The number of hydrogen-bond donors (Lipinski definition) is 4. The Labute approximate surface area is 286 Å². The van der Waals surface area contributed by atoms with E-state index in [1.165, 1.54) is 0 Å². The van der Waals surface area contributed by atoms with Gasteiger partial charge in [-0.05, 0) is 89.8 Å². The number of nitrogens with zero attached hydrogens (tertiary/aromatic N) is 2. The minimum atomic E-state index is 0.123. The molecule has 238 valence electrons. The molecule has 0 fully saturated rings. The van der Waals surface area contributed by atoms with Gasteiger partial charge in [0.25, 0.3) is 0 Å². The van der Waals surface area contributed by atoms with E-state index in [2.05, 4.69) is 114 Å². The molecular formula is C43H36N6. The summed E-state index contributed by atoms with van der Waals surface area (Å²) >= 11 is 0. The molecule has 0 saturated heterocycles. The second-order valence-corrected chi connectivity index (χ2v) is 12.4. The van der Waals surface area contributed by atoms with Gasteiger partial charge in [0.05, 0.1) is 22.8 Å². The maximum Gasteiger partial charge on any atom is 0.101 e. The summed E-state index contributed by atoms with van der Waals surface area (Å²) in [5, 5.41) is 3.59. The molecule has 0 spiro atoms. The van der Waals surface area contributed by atoms with E-state index in [1.807, 2.05) is 54.6 Å². The Kier molecular flexibility index (Phi) is 7.46. The smallest absolute Gasteiger partial charge is 0.101 e. The molecule has 1 atom stereocenters. The molecule has 6 heteroatoms. The quantitative estimate of drug-likeness (QED) is 0.135. The fourth-order valence-corrected chi connectivity index (χ4v) is 6.80. The predicted octanol–water partition coefficient (Wildman–Crippen LogP) is 10.1. The van der Waals surface area contributed by atoms with Crippen LogP contribution in [0.2, 0.25) is 0 Å². The maximum absolute atomic E-state index is 7.10. The van der Waals surface area contributed by atoms with Gasteiger partial charge in [-0.3, -0.25) is 0 Å². The Morgan fingerprint density at radius 2 is 1.12 bits per heavy atom. The zero-order chi connectivity index (χ0) is 33.5. The van der Waals surface area contributed by atoms with E-state index in [0.29, 0.717) is 11.4 Å². The van der Waals surface area contributed by atoms with Gasteiger partial charge < -0.3 is 27.4 Å². The molecule has 49 heavy (non-hydrogen) atoms. The van der Waals surface area contributed by atoms with Crippen LogP contribution >= 0.6 is 0 Å². The minimum Gasteiger partial charge on any atom is -0.399 e. The van der Waals surface area contributed by atoms with Crippen molar-refractivity contribution in [2.24, 2.45) is 0 Å². The SMILES string of the molecule is CC1Nc2ccccc2N1c1cccc(-c2cccc(-c3ccccc3-c3cc(-c4ccc(N)cc4)cc(-c4ccc(N)cc4)n3)c2N)c1. The summed E-state index contributed by atoms with van der Waals surface area (Å²) < 4.78 is 0. The highest BCUT2D eigenvalue weighted by Crippen LogP contribution is 2.43. The monoisotopic (exact) mass is 636 g/mol. The molecule has 0 bridgehead atoms. The first-order valence-electron chi connectivity index (χ1n) is 16.4. The van der Waals surface area contributed by atoms with Crippen LogP contribution in [0.1, 0.15) is 6.92 Å². The van der Waals surface area contributed by atoms with Crippen LogP contribution in [0.15, 0.2) is 152 Å². The summed E-state index contributed by atoms with van der Waals surface area (Å²) in [4.78, 5) is 7.53. The third kappa shape index (κ3) is 5.59. The first kappa shape index (κ1) is 29.8. The highest BCUT2D eigenvalue weighted by Gasteiger charge is 2.26. The molecule has 2 heterocycles. The topological polar surface area (TPSA) is 106 Å². The van der Waals surface area contributed by atoms with Crippen molar-refractivity contribution in [1.82, 2.24) is 4.98 Å². The number of aromatic nitrogens is 1. The van der Waals surface area contributed by atoms with Gasteiger partial charge in [-0.25, -0.2) is 4.98 Å². The molecule has 0 saturated carbocycles. The second kappa shape index (κ2) is 12.2. The molecule has 1 unspecified atom stereocenters. The summed E-state index contributed by atoms with van der Waals surface area (Å²) in [7, 11) is 0. The van der Waals surface area contributed by atoms with E-state index in [9.17, 15) is 0 Å². The zero-order valence-corrected chi connectivity index (χ0v) is 27.1. The van der Waals surface area contributed by atoms with Gasteiger partial charge in [0.2, 0.25) is 0 Å². The largest absolute Gasteiger partial charge is 0.399 e. The molecule has 1 aliphatic heterocycles. The molecule has 8 rings (SSSR count). The van der Waals surface area contributed by atoms with Crippen molar-refractivity contribution >= 4 is 34.1 Å². The van der Waals surface area contributed by atoms with E-state index < -0.39 is 0 Å². The van der Waals surface area contributed by atoms with Gasteiger partial charge in [-0.15, -0.1) is 0 Å². The van der Waals surface area contributed by atoms with Crippen molar-refractivity contribution in [2.45, 2.75) is 13.1 Å². The van der Waals surface area contributed by atoms with Gasteiger partial charge >= 0.3 is 0 Å². The normalized spacial score (nSPS) is 13.6. The lowest BCUT2D eigenvalue weighted by Crippen LogP contribution is -2.28. The van der Waals surface area contributed by atoms with Crippen LogP contribution in [-0.2, 0) is 0 Å². The average Bonchev–Trinajstić information content (AvgIpc) is 3.48. The van der Waals surface area contributed by atoms with Gasteiger partial charge in [-0.1, -0.05) is 91.0 Å². The lowest BCUT2D eigenvalue weighted by molar-refractivity contribution is 0.843. The maximum atomic E-state index is 7.10. The van der Waals surface area contributed by atoms with E-state index in [0.717, 1.165) is 78.6 Å². The van der Waals surface area contributed by atoms with E-state index >= 15 is 0 Å². The molecule has 0 radical (unpaired) electrons. The van der Waals surface area contributed by atoms with Crippen LogP contribution in [0.5, 0.6) is 0 Å². The molecule has 7 aromatic rings. The zero-order valence-electron chi connectivity index (χ0n) is 27.1. The fraction of sp³-hybridized carbons (Fsp3) is 0.0465. The van der Waals surface area contributed by atoms with Crippen molar-refractivity contribution in [3.05, 3.63) is 152 Å². The van der Waals surface area contributed by atoms with Crippen LogP contribution in [-0.4, -0.2) is 11.1 Å². The number of pyridine rings is 1. The minimum absolute atomic E-state index is 0.123. The Morgan fingerprint density at radius 3 is 1.90 bits per heavy atom. The van der Waals surface area contributed by atoms with Crippen LogP contribution < -0.4 is 27.4 Å². The van der Waals surface area contributed by atoms with Crippen LogP contribution in [0, 0.1) is 0 Å². The van der Waals surface area contributed by atoms with Gasteiger partial charge in [0.1, 0.15) is 6.17 Å². The molecule has 0 amide bonds. The van der Waals surface area contributed by atoms with Gasteiger partial charge in [0, 0.05) is 45.0 Å². The Bertz CT molecular complexity index is 2250. The molecular weight excluding hydrogens is 601 g/mol. The number of benzene rings is 6. The van der Waals surface area contributed by atoms with Crippen molar-refractivity contribution in [3.63, 3.8) is 0 Å². The summed E-state index contributed by atoms with van der Waals surface area (Å²) in [5.74, 6) is 0. The first-order chi connectivity index (χ1) is 23.9. The summed E-state index contributed by atoms with van der Waals surface area (Å²) in [6.07, 6.45) is 0.123. The molecule has 6 aromatic carbocycles. The third-order valence-electron chi connectivity index (χ3n) is 9.23. The summed E-state index contributed by atoms with van der Waals surface area (Å²) in [6, 6.07) is 51.6. The Hall–Kier alpha value is -6.53. The fourth-order valence-electron chi connectivity index (χ4n) is 6.80. The summed E-state index contributed by atoms with van der Waals surface area (Å²) in [6.45, 7) is 2.17. The number of rotatable bonds is 6. The Balaban J connectivity index is 1.23. The second-order valence-electron chi connectivity index (χ2n) is 12.4. The molecule has 0 aliphatic carbocycles. The van der Waals surface area contributed by atoms with Crippen molar-refractivity contribution in [1.29, 1.82) is 0 Å². The third-order valence-corrected chi connectivity index (χ3v) is 9.23. The van der Waals surface area contributed by atoms with Gasteiger partial charge in [-0.2, -0.15) is 0 Å². The average molecular weight is 637 g/mol. The van der Waals surface area contributed by atoms with Crippen molar-refractivity contribution < 1.29 is 0 Å². The van der Waals surface area contributed by atoms with E-state index in [-0.39, 0.29) is 6.17 Å². The standard InChI is InChI=1S/C43H36N6/c1-27-47-39-14-4-5-15-42(39)49(27)34-9-6-8-30(24-34)35-12-7-13-38(43(35)46)36-10-2-3-11-37(36)41-26-31(28-16-20-32(44)21-17-28)25-40(48-41)29-18-22-33(45)23-19-29/h2-27,47H,44-46H2,1H3. The number of hydrogen-bond acceptors (Lipinski definition) is 6. The number of fused-ring (bicyclic) bond motifs is 1. The summed E-state index contributed by atoms with van der Waals surface area (Å²) in [5.41, 5.74) is 34.5. The van der Waals surface area contributed by atoms with Crippen LogP contribution in [0.4, 0.5) is 34.1 Å².